The van der Waals surface area contributed by atoms with Gasteiger partial charge in [-0.25, -0.2) is 4.98 Å². The minimum atomic E-state index is -4.37. The molecule has 1 saturated heterocycles. The fraction of sp³-hybridized carbons (Fsp3) is 0.750. The lowest BCUT2D eigenvalue weighted by atomic mass is 9.96. The van der Waals surface area contributed by atoms with Crippen molar-refractivity contribution in [2.75, 3.05) is 26.2 Å². The van der Waals surface area contributed by atoms with E-state index < -0.39 is 24.5 Å². The fourth-order valence-electron chi connectivity index (χ4n) is 3.02. The van der Waals surface area contributed by atoms with Crippen LogP contribution in [-0.2, 0) is 11.3 Å². The number of piperidine rings is 1. The standard InChI is InChI=1S/C16H24F3N3O2/c1-4-22(10-16(17,18)19)15(23)13-6-5-7-21(8-13)9-14-20-11(2)12(3)24-14/h13H,4-10H2,1-3H3/t13-/m0/s1. The van der Waals surface area contributed by atoms with Gasteiger partial charge in [-0.3, -0.25) is 9.69 Å². The summed E-state index contributed by atoms with van der Waals surface area (Å²) in [7, 11) is 0. The van der Waals surface area contributed by atoms with Gasteiger partial charge in [-0.05, 0) is 40.2 Å². The summed E-state index contributed by atoms with van der Waals surface area (Å²) in [5.41, 5.74) is 0.831. The SMILES string of the molecule is CCN(CC(F)(F)F)C(=O)[C@H]1CCCN(Cc2nc(C)c(C)o2)C1. The van der Waals surface area contributed by atoms with Crippen LogP contribution < -0.4 is 0 Å². The molecular formula is C16H24F3N3O2. The number of aromatic nitrogens is 1. The minimum Gasteiger partial charge on any atom is -0.444 e. The highest BCUT2D eigenvalue weighted by Crippen LogP contribution is 2.23. The molecule has 1 aromatic rings. The molecule has 1 amide bonds. The summed E-state index contributed by atoms with van der Waals surface area (Å²) in [5, 5.41) is 0. The molecule has 136 valence electrons. The Kier molecular flexibility index (Phi) is 5.90. The molecule has 2 heterocycles. The number of nitrogens with zero attached hydrogens (tertiary/aromatic N) is 3. The lowest BCUT2D eigenvalue weighted by Gasteiger charge is -2.34. The lowest BCUT2D eigenvalue weighted by Crippen LogP contribution is -2.47. The van der Waals surface area contributed by atoms with Gasteiger partial charge in [0.2, 0.25) is 11.8 Å². The van der Waals surface area contributed by atoms with Crippen LogP contribution >= 0.6 is 0 Å². The first kappa shape index (κ1) is 18.8. The number of carbonyl (C=O) groups is 1. The Bertz CT molecular complexity index is 552. The summed E-state index contributed by atoms with van der Waals surface area (Å²) in [6.45, 7) is 5.85. The number of amides is 1. The molecule has 0 spiro atoms. The fourth-order valence-corrected chi connectivity index (χ4v) is 3.02. The Labute approximate surface area is 139 Å². The van der Waals surface area contributed by atoms with Gasteiger partial charge in [-0.2, -0.15) is 13.2 Å². The molecule has 0 aromatic carbocycles. The van der Waals surface area contributed by atoms with Crippen molar-refractivity contribution < 1.29 is 22.4 Å². The van der Waals surface area contributed by atoms with Gasteiger partial charge in [-0.1, -0.05) is 0 Å². The summed E-state index contributed by atoms with van der Waals surface area (Å²) in [6, 6.07) is 0. The van der Waals surface area contributed by atoms with Crippen molar-refractivity contribution in [2.24, 2.45) is 5.92 Å². The third kappa shape index (κ3) is 4.96. The van der Waals surface area contributed by atoms with Crippen LogP contribution in [0.15, 0.2) is 4.42 Å². The van der Waals surface area contributed by atoms with Gasteiger partial charge in [0, 0.05) is 13.1 Å². The zero-order chi connectivity index (χ0) is 17.9. The van der Waals surface area contributed by atoms with E-state index in [-0.39, 0.29) is 6.54 Å². The smallest absolute Gasteiger partial charge is 0.406 e. The van der Waals surface area contributed by atoms with Crippen LogP contribution in [0.4, 0.5) is 13.2 Å². The quantitative estimate of drug-likeness (QED) is 0.822. The monoisotopic (exact) mass is 347 g/mol. The second kappa shape index (κ2) is 7.55. The highest BCUT2D eigenvalue weighted by molar-refractivity contribution is 5.79. The van der Waals surface area contributed by atoms with Crippen molar-refractivity contribution in [1.82, 2.24) is 14.8 Å². The summed E-state index contributed by atoms with van der Waals surface area (Å²) < 4.78 is 43.3. The number of alkyl halides is 3. The molecule has 1 aliphatic rings. The van der Waals surface area contributed by atoms with Crippen LogP contribution in [0, 0.1) is 19.8 Å². The van der Waals surface area contributed by atoms with Crippen molar-refractivity contribution in [3.8, 4) is 0 Å². The normalized spacial score (nSPS) is 19.5. The van der Waals surface area contributed by atoms with Gasteiger partial charge in [0.1, 0.15) is 12.3 Å². The predicted octanol–water partition coefficient (Wildman–Crippen LogP) is 2.91. The number of oxazole rings is 1. The van der Waals surface area contributed by atoms with Gasteiger partial charge in [0.05, 0.1) is 18.2 Å². The highest BCUT2D eigenvalue weighted by Gasteiger charge is 2.36. The molecule has 1 atom stereocenters. The Morgan fingerprint density at radius 3 is 2.67 bits per heavy atom. The Balaban J connectivity index is 1.97. The summed E-state index contributed by atoms with van der Waals surface area (Å²) >= 11 is 0. The molecule has 5 nitrogen and oxygen atoms in total. The van der Waals surface area contributed by atoms with E-state index in [2.05, 4.69) is 4.98 Å². The van der Waals surface area contributed by atoms with Crippen LogP contribution in [-0.4, -0.2) is 53.0 Å². The Morgan fingerprint density at radius 1 is 1.42 bits per heavy atom. The number of carbonyl (C=O) groups excluding carboxylic acids is 1. The highest BCUT2D eigenvalue weighted by atomic mass is 19.4. The van der Waals surface area contributed by atoms with Crippen LogP contribution in [0.2, 0.25) is 0 Å². The molecule has 0 radical (unpaired) electrons. The zero-order valence-corrected chi connectivity index (χ0v) is 14.3. The maximum Gasteiger partial charge on any atom is 0.406 e. The number of aryl methyl sites for hydroxylation is 2. The molecule has 2 rings (SSSR count). The number of rotatable bonds is 5. The van der Waals surface area contributed by atoms with Crippen molar-refractivity contribution in [3.63, 3.8) is 0 Å². The first-order valence-corrected chi connectivity index (χ1v) is 8.20. The van der Waals surface area contributed by atoms with E-state index in [4.69, 9.17) is 4.42 Å². The van der Waals surface area contributed by atoms with Gasteiger partial charge >= 0.3 is 6.18 Å². The second-order valence-electron chi connectivity index (χ2n) is 6.29. The van der Waals surface area contributed by atoms with Gasteiger partial charge in [0.25, 0.3) is 0 Å². The second-order valence-corrected chi connectivity index (χ2v) is 6.29. The molecule has 0 unspecified atom stereocenters. The van der Waals surface area contributed by atoms with Crippen LogP contribution in [0.25, 0.3) is 0 Å². The molecule has 1 aromatic heterocycles. The van der Waals surface area contributed by atoms with Crippen LogP contribution in [0.5, 0.6) is 0 Å². The average molecular weight is 347 g/mol. The summed E-state index contributed by atoms with van der Waals surface area (Å²) in [4.78, 5) is 19.7. The maximum atomic E-state index is 12.6. The van der Waals surface area contributed by atoms with Crippen LogP contribution in [0.3, 0.4) is 0 Å². The molecule has 1 fully saturated rings. The molecule has 0 bridgehead atoms. The van der Waals surface area contributed by atoms with E-state index >= 15 is 0 Å². The largest absolute Gasteiger partial charge is 0.444 e. The third-order valence-corrected chi connectivity index (χ3v) is 4.35. The maximum absolute atomic E-state index is 12.6. The van der Waals surface area contributed by atoms with E-state index in [1.807, 2.05) is 18.7 Å². The summed E-state index contributed by atoms with van der Waals surface area (Å²) in [5.74, 6) is 0.523. The van der Waals surface area contributed by atoms with E-state index in [1.54, 1.807) is 6.92 Å². The number of hydrogen-bond acceptors (Lipinski definition) is 4. The minimum absolute atomic E-state index is 0.0625. The van der Waals surface area contributed by atoms with Crippen molar-refractivity contribution >= 4 is 5.91 Å². The van der Waals surface area contributed by atoms with E-state index in [1.165, 1.54) is 0 Å². The first-order valence-electron chi connectivity index (χ1n) is 8.20. The first-order chi connectivity index (χ1) is 11.2. The Hall–Kier alpha value is -1.57. The molecule has 24 heavy (non-hydrogen) atoms. The van der Waals surface area contributed by atoms with Crippen molar-refractivity contribution in [2.45, 2.75) is 46.3 Å². The zero-order valence-electron chi connectivity index (χ0n) is 14.3. The lowest BCUT2D eigenvalue weighted by molar-refractivity contribution is -0.164. The average Bonchev–Trinajstić information content (AvgIpc) is 2.81. The van der Waals surface area contributed by atoms with Crippen LogP contribution in [0.1, 0.15) is 37.1 Å². The molecule has 1 aliphatic heterocycles. The van der Waals surface area contributed by atoms with Gasteiger partial charge in [0.15, 0.2) is 0 Å². The van der Waals surface area contributed by atoms with Crippen molar-refractivity contribution in [1.29, 1.82) is 0 Å². The van der Waals surface area contributed by atoms with Gasteiger partial charge < -0.3 is 9.32 Å². The topological polar surface area (TPSA) is 49.6 Å². The molecular weight excluding hydrogens is 323 g/mol. The summed E-state index contributed by atoms with van der Waals surface area (Å²) in [6.07, 6.45) is -2.97. The van der Waals surface area contributed by atoms with E-state index in [0.717, 1.165) is 29.3 Å². The van der Waals surface area contributed by atoms with E-state index in [0.29, 0.717) is 25.4 Å². The number of likely N-dealkylation sites (tertiary alicyclic amines) is 1. The molecule has 0 aliphatic carbocycles. The molecule has 0 N–H and O–H groups in total. The number of hydrogen-bond donors (Lipinski definition) is 0. The predicted molar refractivity (Wildman–Crippen MR) is 82.3 cm³/mol. The van der Waals surface area contributed by atoms with Gasteiger partial charge in [-0.15, -0.1) is 0 Å². The number of halogens is 3. The molecule has 0 saturated carbocycles. The van der Waals surface area contributed by atoms with Crippen molar-refractivity contribution in [3.05, 3.63) is 17.3 Å². The molecule has 8 heteroatoms. The Morgan fingerprint density at radius 2 is 2.12 bits per heavy atom. The third-order valence-electron chi connectivity index (χ3n) is 4.35. The van der Waals surface area contributed by atoms with E-state index in [9.17, 15) is 18.0 Å².